The normalized spacial score (nSPS) is 17.1. The van der Waals surface area contributed by atoms with Gasteiger partial charge in [0.15, 0.2) is 5.96 Å². The Hall–Kier alpha value is -1.20. The van der Waals surface area contributed by atoms with Gasteiger partial charge in [-0.3, -0.25) is 4.99 Å². The van der Waals surface area contributed by atoms with Crippen molar-refractivity contribution in [3.8, 4) is 5.75 Å². The van der Waals surface area contributed by atoms with Gasteiger partial charge >= 0.3 is 6.61 Å². The Kier molecular flexibility index (Phi) is 11.5. The summed E-state index contributed by atoms with van der Waals surface area (Å²) in [6.45, 7) is 0.493. The van der Waals surface area contributed by atoms with E-state index in [9.17, 15) is 8.78 Å². The van der Waals surface area contributed by atoms with Crippen LogP contribution < -0.4 is 15.4 Å². The lowest BCUT2D eigenvalue weighted by molar-refractivity contribution is -0.0498. The summed E-state index contributed by atoms with van der Waals surface area (Å²) in [5.74, 6) is 0.787. The van der Waals surface area contributed by atoms with E-state index in [2.05, 4.69) is 20.4 Å². The highest BCUT2D eigenvalue weighted by atomic mass is 127. The molecule has 6 nitrogen and oxygen atoms in total. The van der Waals surface area contributed by atoms with Gasteiger partial charge in [-0.05, 0) is 30.5 Å². The number of halogens is 3. The van der Waals surface area contributed by atoms with Crippen LogP contribution in [0.15, 0.2) is 29.3 Å². The molecule has 1 saturated heterocycles. The van der Waals surface area contributed by atoms with Crippen molar-refractivity contribution in [1.82, 2.24) is 10.6 Å². The molecule has 0 bridgehead atoms. The number of hydrogen-bond donors (Lipinski definition) is 2. The maximum absolute atomic E-state index is 12.2. The maximum atomic E-state index is 12.2. The van der Waals surface area contributed by atoms with Crippen molar-refractivity contribution >= 4 is 29.9 Å². The molecular formula is C17H26F2IN3O3. The lowest BCUT2D eigenvalue weighted by Gasteiger charge is -2.13. The van der Waals surface area contributed by atoms with Crippen molar-refractivity contribution in [2.75, 3.05) is 33.4 Å². The highest BCUT2D eigenvalue weighted by Gasteiger charge is 2.15. The Morgan fingerprint density at radius 3 is 2.92 bits per heavy atom. The van der Waals surface area contributed by atoms with Crippen molar-refractivity contribution < 1.29 is 23.0 Å². The molecule has 1 aromatic carbocycles. The number of aliphatic imine (C=N–C) groups is 1. The van der Waals surface area contributed by atoms with Crippen LogP contribution in [0.4, 0.5) is 8.78 Å². The highest BCUT2D eigenvalue weighted by molar-refractivity contribution is 14.0. The Bertz CT molecular complexity index is 544. The predicted molar refractivity (Wildman–Crippen MR) is 106 cm³/mol. The first-order valence-electron chi connectivity index (χ1n) is 8.35. The van der Waals surface area contributed by atoms with Crippen LogP contribution in [0, 0.1) is 0 Å². The summed E-state index contributed by atoms with van der Waals surface area (Å²) in [5, 5.41) is 6.32. The molecule has 0 amide bonds. The number of alkyl halides is 2. The van der Waals surface area contributed by atoms with Crippen LogP contribution in [-0.2, 0) is 16.0 Å². The van der Waals surface area contributed by atoms with Crippen molar-refractivity contribution in [2.24, 2.45) is 4.99 Å². The number of rotatable bonds is 9. The van der Waals surface area contributed by atoms with Gasteiger partial charge in [-0.25, -0.2) is 0 Å². The minimum Gasteiger partial charge on any atom is -0.435 e. The summed E-state index contributed by atoms with van der Waals surface area (Å²) in [5.41, 5.74) is 0.825. The van der Waals surface area contributed by atoms with Gasteiger partial charge in [0.05, 0.1) is 12.7 Å². The highest BCUT2D eigenvalue weighted by Crippen LogP contribution is 2.15. The molecule has 148 valence electrons. The molecule has 2 N–H and O–H groups in total. The number of nitrogens with zero attached hydrogens (tertiary/aromatic N) is 1. The van der Waals surface area contributed by atoms with Crippen molar-refractivity contribution in [2.45, 2.75) is 32.1 Å². The first-order chi connectivity index (χ1) is 12.2. The SMILES string of the molecule is CN=C(NCCCOC1CCOC1)NCc1cccc(OC(F)F)c1.I. The standard InChI is InChI=1S/C17H25F2N3O3.HI/c1-20-17(21-7-3-8-24-15-6-9-23-12-15)22-11-13-4-2-5-14(10-13)25-16(18)19;/h2,4-5,10,15-16H,3,6-9,11-12H2,1H3,(H2,20,21,22);1H. The van der Waals surface area contributed by atoms with Gasteiger partial charge in [0.2, 0.25) is 0 Å². The molecule has 1 aliphatic heterocycles. The average molecular weight is 485 g/mol. The van der Waals surface area contributed by atoms with E-state index in [1.807, 2.05) is 6.07 Å². The molecule has 9 heteroatoms. The van der Waals surface area contributed by atoms with E-state index in [0.29, 0.717) is 25.7 Å². The van der Waals surface area contributed by atoms with Crippen LogP contribution >= 0.6 is 24.0 Å². The van der Waals surface area contributed by atoms with E-state index >= 15 is 0 Å². The molecule has 1 aliphatic rings. The summed E-state index contributed by atoms with van der Waals surface area (Å²) in [4.78, 5) is 4.13. The molecule has 1 atom stereocenters. The van der Waals surface area contributed by atoms with Crippen LogP contribution in [0.25, 0.3) is 0 Å². The summed E-state index contributed by atoms with van der Waals surface area (Å²) in [7, 11) is 1.68. The zero-order chi connectivity index (χ0) is 17.9. The Morgan fingerprint density at radius 1 is 1.38 bits per heavy atom. The summed E-state index contributed by atoms with van der Waals surface area (Å²) in [6, 6.07) is 6.58. The van der Waals surface area contributed by atoms with Gasteiger partial charge in [-0.2, -0.15) is 8.78 Å². The first kappa shape index (κ1) is 22.8. The van der Waals surface area contributed by atoms with Crippen LogP contribution in [0.1, 0.15) is 18.4 Å². The Balaban J connectivity index is 0.00000338. The fraction of sp³-hybridized carbons (Fsp3) is 0.588. The largest absolute Gasteiger partial charge is 0.435 e. The average Bonchev–Trinajstić information content (AvgIpc) is 3.10. The van der Waals surface area contributed by atoms with Crippen LogP contribution in [0.5, 0.6) is 5.75 Å². The number of guanidine groups is 1. The van der Waals surface area contributed by atoms with Crippen molar-refractivity contribution in [3.05, 3.63) is 29.8 Å². The van der Waals surface area contributed by atoms with E-state index in [4.69, 9.17) is 9.47 Å². The summed E-state index contributed by atoms with van der Waals surface area (Å²) in [6.07, 6.45) is 2.04. The van der Waals surface area contributed by atoms with E-state index in [1.165, 1.54) is 6.07 Å². The van der Waals surface area contributed by atoms with Gasteiger partial charge in [0.1, 0.15) is 5.75 Å². The lowest BCUT2D eigenvalue weighted by atomic mass is 10.2. The number of nitrogens with one attached hydrogen (secondary N) is 2. The molecule has 2 rings (SSSR count). The van der Waals surface area contributed by atoms with Gasteiger partial charge in [-0.15, -0.1) is 24.0 Å². The second kappa shape index (κ2) is 13.0. The van der Waals surface area contributed by atoms with Crippen molar-refractivity contribution in [1.29, 1.82) is 0 Å². The second-order valence-corrected chi connectivity index (χ2v) is 5.59. The van der Waals surface area contributed by atoms with E-state index in [0.717, 1.165) is 31.6 Å². The molecule has 0 radical (unpaired) electrons. The zero-order valence-electron chi connectivity index (χ0n) is 14.7. The van der Waals surface area contributed by atoms with E-state index in [1.54, 1.807) is 19.2 Å². The molecular weight excluding hydrogens is 459 g/mol. The third-order valence-electron chi connectivity index (χ3n) is 3.66. The molecule has 1 unspecified atom stereocenters. The first-order valence-corrected chi connectivity index (χ1v) is 8.35. The van der Waals surface area contributed by atoms with Gasteiger partial charge < -0.3 is 24.8 Å². The van der Waals surface area contributed by atoms with Crippen LogP contribution in [0.3, 0.4) is 0 Å². The Labute approximate surface area is 169 Å². The fourth-order valence-electron chi connectivity index (χ4n) is 2.41. The summed E-state index contributed by atoms with van der Waals surface area (Å²) < 4.78 is 39.8. The smallest absolute Gasteiger partial charge is 0.387 e. The maximum Gasteiger partial charge on any atom is 0.387 e. The molecule has 1 aromatic rings. The molecule has 0 spiro atoms. The zero-order valence-corrected chi connectivity index (χ0v) is 17.1. The monoisotopic (exact) mass is 485 g/mol. The lowest BCUT2D eigenvalue weighted by Crippen LogP contribution is -2.37. The molecule has 0 aliphatic carbocycles. The van der Waals surface area contributed by atoms with Crippen LogP contribution in [0.2, 0.25) is 0 Å². The number of ether oxygens (including phenoxy) is 3. The van der Waals surface area contributed by atoms with E-state index < -0.39 is 6.61 Å². The topological polar surface area (TPSA) is 64.1 Å². The minimum absolute atomic E-state index is 0. The summed E-state index contributed by atoms with van der Waals surface area (Å²) >= 11 is 0. The Morgan fingerprint density at radius 2 is 2.23 bits per heavy atom. The third-order valence-corrected chi connectivity index (χ3v) is 3.66. The second-order valence-electron chi connectivity index (χ2n) is 5.59. The van der Waals surface area contributed by atoms with Gasteiger partial charge in [0, 0.05) is 33.4 Å². The van der Waals surface area contributed by atoms with Crippen LogP contribution in [-0.4, -0.2) is 52.1 Å². The molecule has 26 heavy (non-hydrogen) atoms. The molecule has 0 aromatic heterocycles. The third kappa shape index (κ3) is 8.95. The number of hydrogen-bond acceptors (Lipinski definition) is 4. The van der Waals surface area contributed by atoms with E-state index in [-0.39, 0.29) is 35.8 Å². The van der Waals surface area contributed by atoms with Gasteiger partial charge in [-0.1, -0.05) is 12.1 Å². The molecule has 0 saturated carbocycles. The molecule has 1 fully saturated rings. The van der Waals surface area contributed by atoms with Crippen molar-refractivity contribution in [3.63, 3.8) is 0 Å². The predicted octanol–water partition coefficient (Wildman–Crippen LogP) is 2.77. The minimum atomic E-state index is -2.82. The quantitative estimate of drug-likeness (QED) is 0.244. The fourth-order valence-corrected chi connectivity index (χ4v) is 2.41. The van der Waals surface area contributed by atoms with Gasteiger partial charge in [0.25, 0.3) is 0 Å². The number of benzene rings is 1. The molecule has 1 heterocycles.